The maximum Gasteiger partial charge on any atom is 0.164 e. The van der Waals surface area contributed by atoms with E-state index in [2.05, 4.69) is 97.1 Å². The Hall–Kier alpha value is -6.13. The topological polar surface area (TPSA) is 51.8 Å². The van der Waals surface area contributed by atoms with Gasteiger partial charge in [-0.2, -0.15) is 0 Å². The lowest BCUT2D eigenvalue weighted by atomic mass is 9.98. The van der Waals surface area contributed by atoms with Crippen LogP contribution < -0.4 is 0 Å². The monoisotopic (exact) mass is 575 g/mol. The highest BCUT2D eigenvalue weighted by atomic mass is 16.3. The van der Waals surface area contributed by atoms with Gasteiger partial charge >= 0.3 is 0 Å². The number of hydrogen-bond donors (Lipinski definition) is 0. The normalized spacial score (nSPS) is 11.6. The van der Waals surface area contributed by atoms with Crippen molar-refractivity contribution in [2.45, 2.75) is 0 Å². The average Bonchev–Trinajstić information content (AvgIpc) is 3.51. The smallest absolute Gasteiger partial charge is 0.164 e. The molecule has 0 radical (unpaired) electrons. The molecule has 7 aromatic carbocycles. The molecule has 0 fully saturated rings. The Morgan fingerprint density at radius 3 is 1.80 bits per heavy atom. The van der Waals surface area contributed by atoms with Crippen LogP contribution in [0.25, 0.3) is 88.8 Å². The Morgan fingerprint density at radius 2 is 0.978 bits per heavy atom. The van der Waals surface area contributed by atoms with E-state index in [-0.39, 0.29) is 0 Å². The molecule has 210 valence electrons. The van der Waals surface area contributed by atoms with Gasteiger partial charge in [-0.15, -0.1) is 0 Å². The van der Waals surface area contributed by atoms with E-state index < -0.39 is 0 Å². The van der Waals surface area contributed by atoms with E-state index in [1.165, 1.54) is 16.2 Å². The van der Waals surface area contributed by atoms with Crippen LogP contribution in [-0.2, 0) is 0 Å². The lowest BCUT2D eigenvalue weighted by Crippen LogP contribution is -2.00. The molecule has 0 unspecified atom stereocenters. The molecular weight excluding hydrogens is 550 g/mol. The fourth-order valence-electron chi connectivity index (χ4n) is 6.35. The minimum absolute atomic E-state index is 0.605. The minimum atomic E-state index is 0.605. The standard InChI is InChI=1S/C41H25N3O/c1-3-11-26(12-4-1)33-23-24-35(37-34-17-9-10-18-36(34)45-38(33)37)41-43-39(28-14-5-2-6-15-28)42-40(44-41)30-21-22-32-29(25-30)20-19-27-13-7-8-16-31(27)32/h1-25H. The minimum Gasteiger partial charge on any atom is -0.455 e. The van der Waals surface area contributed by atoms with Crippen LogP contribution in [0.1, 0.15) is 0 Å². The van der Waals surface area contributed by atoms with Crippen molar-refractivity contribution in [1.82, 2.24) is 15.0 Å². The van der Waals surface area contributed by atoms with E-state index in [1.807, 2.05) is 54.6 Å². The summed E-state index contributed by atoms with van der Waals surface area (Å²) in [5.41, 5.74) is 6.55. The number of para-hydroxylation sites is 1. The fraction of sp³-hybridized carbons (Fsp3) is 0. The maximum absolute atomic E-state index is 6.54. The number of nitrogens with zero attached hydrogens (tertiary/aromatic N) is 3. The highest BCUT2D eigenvalue weighted by Crippen LogP contribution is 2.41. The van der Waals surface area contributed by atoms with Crippen LogP contribution >= 0.6 is 0 Å². The van der Waals surface area contributed by atoms with Gasteiger partial charge < -0.3 is 4.42 Å². The molecular formula is C41H25N3O. The number of benzene rings is 7. The number of furan rings is 1. The maximum atomic E-state index is 6.54. The Morgan fingerprint density at radius 1 is 0.378 bits per heavy atom. The van der Waals surface area contributed by atoms with Crippen molar-refractivity contribution >= 4 is 43.5 Å². The zero-order valence-corrected chi connectivity index (χ0v) is 24.2. The molecule has 9 rings (SSSR count). The highest BCUT2D eigenvalue weighted by molar-refractivity contribution is 6.16. The summed E-state index contributed by atoms with van der Waals surface area (Å²) in [4.78, 5) is 15.2. The molecule has 45 heavy (non-hydrogen) atoms. The quantitative estimate of drug-likeness (QED) is 0.196. The van der Waals surface area contributed by atoms with E-state index >= 15 is 0 Å². The van der Waals surface area contributed by atoms with Gasteiger partial charge in [0.15, 0.2) is 17.5 Å². The number of aromatic nitrogens is 3. The van der Waals surface area contributed by atoms with Gasteiger partial charge in [0.2, 0.25) is 0 Å². The molecule has 0 aliphatic carbocycles. The van der Waals surface area contributed by atoms with E-state index in [0.717, 1.165) is 55.1 Å². The Bertz CT molecular complexity index is 2540. The molecule has 0 spiro atoms. The van der Waals surface area contributed by atoms with Crippen molar-refractivity contribution in [2.75, 3.05) is 0 Å². The number of rotatable bonds is 4. The van der Waals surface area contributed by atoms with Crippen molar-refractivity contribution in [3.63, 3.8) is 0 Å². The summed E-state index contributed by atoms with van der Waals surface area (Å²) in [5.74, 6) is 1.86. The van der Waals surface area contributed by atoms with Crippen molar-refractivity contribution in [2.24, 2.45) is 0 Å². The first kappa shape index (κ1) is 25.4. The van der Waals surface area contributed by atoms with Crippen LogP contribution in [0.2, 0.25) is 0 Å². The van der Waals surface area contributed by atoms with Gasteiger partial charge in [0.05, 0.1) is 0 Å². The molecule has 9 aromatic rings. The summed E-state index contributed by atoms with van der Waals surface area (Å²) in [6.07, 6.45) is 0. The Balaban J connectivity index is 1.30. The van der Waals surface area contributed by atoms with E-state index in [4.69, 9.17) is 19.4 Å². The molecule has 2 aromatic heterocycles. The van der Waals surface area contributed by atoms with Gasteiger partial charge in [0.1, 0.15) is 11.2 Å². The van der Waals surface area contributed by atoms with Crippen LogP contribution in [0.4, 0.5) is 0 Å². The molecule has 0 amide bonds. The van der Waals surface area contributed by atoms with Gasteiger partial charge in [-0.05, 0) is 51.4 Å². The summed E-state index contributed by atoms with van der Waals surface area (Å²) in [6.45, 7) is 0. The van der Waals surface area contributed by atoms with Gasteiger partial charge in [-0.1, -0.05) is 127 Å². The lowest BCUT2D eigenvalue weighted by Gasteiger charge is -2.11. The summed E-state index contributed by atoms with van der Waals surface area (Å²) in [6, 6.07) is 52.1. The zero-order valence-electron chi connectivity index (χ0n) is 24.2. The second-order valence-electron chi connectivity index (χ2n) is 11.2. The molecule has 4 heteroatoms. The predicted molar refractivity (Wildman–Crippen MR) is 184 cm³/mol. The van der Waals surface area contributed by atoms with Crippen LogP contribution in [0.15, 0.2) is 156 Å². The second kappa shape index (κ2) is 10.2. The van der Waals surface area contributed by atoms with Gasteiger partial charge in [0, 0.05) is 33.0 Å². The SMILES string of the molecule is c1ccc(-c2nc(-c3ccc4c(ccc5ccccc54)c3)nc(-c3ccc(-c4ccccc4)c4oc5ccccc5c34)n2)cc1. The van der Waals surface area contributed by atoms with E-state index in [9.17, 15) is 0 Å². The third-order valence-corrected chi connectivity index (χ3v) is 8.52. The first-order valence-electron chi connectivity index (χ1n) is 15.0. The third kappa shape index (κ3) is 4.27. The Labute approximate surface area is 259 Å². The predicted octanol–water partition coefficient (Wildman–Crippen LogP) is 10.7. The first-order chi connectivity index (χ1) is 22.3. The largest absolute Gasteiger partial charge is 0.455 e. The second-order valence-corrected chi connectivity index (χ2v) is 11.2. The van der Waals surface area contributed by atoms with Crippen molar-refractivity contribution in [3.05, 3.63) is 152 Å². The van der Waals surface area contributed by atoms with Crippen molar-refractivity contribution in [3.8, 4) is 45.3 Å². The van der Waals surface area contributed by atoms with Crippen molar-refractivity contribution < 1.29 is 4.42 Å². The molecule has 0 N–H and O–H groups in total. The molecule has 0 bridgehead atoms. The van der Waals surface area contributed by atoms with E-state index in [1.54, 1.807) is 0 Å². The van der Waals surface area contributed by atoms with Crippen LogP contribution in [0.5, 0.6) is 0 Å². The summed E-state index contributed by atoms with van der Waals surface area (Å²) < 4.78 is 6.54. The third-order valence-electron chi connectivity index (χ3n) is 8.52. The van der Waals surface area contributed by atoms with Crippen LogP contribution in [0.3, 0.4) is 0 Å². The molecule has 0 aliphatic heterocycles. The molecule has 4 nitrogen and oxygen atoms in total. The summed E-state index contributed by atoms with van der Waals surface area (Å²) in [7, 11) is 0. The molecule has 2 heterocycles. The zero-order chi connectivity index (χ0) is 29.7. The van der Waals surface area contributed by atoms with Crippen LogP contribution in [-0.4, -0.2) is 15.0 Å². The number of hydrogen-bond acceptors (Lipinski definition) is 4. The van der Waals surface area contributed by atoms with Gasteiger partial charge in [-0.3, -0.25) is 0 Å². The summed E-state index contributed by atoms with van der Waals surface area (Å²) >= 11 is 0. The lowest BCUT2D eigenvalue weighted by molar-refractivity contribution is 0.670. The first-order valence-corrected chi connectivity index (χ1v) is 15.0. The average molecular weight is 576 g/mol. The van der Waals surface area contributed by atoms with Gasteiger partial charge in [-0.25, -0.2) is 15.0 Å². The molecule has 0 saturated heterocycles. The van der Waals surface area contributed by atoms with Crippen molar-refractivity contribution in [1.29, 1.82) is 0 Å². The Kier molecular flexibility index (Phi) is 5.78. The van der Waals surface area contributed by atoms with Gasteiger partial charge in [0.25, 0.3) is 0 Å². The van der Waals surface area contributed by atoms with Crippen LogP contribution in [0, 0.1) is 0 Å². The summed E-state index contributed by atoms with van der Waals surface area (Å²) in [5, 5.41) is 6.83. The molecule has 0 atom stereocenters. The highest BCUT2D eigenvalue weighted by Gasteiger charge is 2.20. The molecule has 0 aliphatic rings. The van der Waals surface area contributed by atoms with E-state index in [0.29, 0.717) is 17.5 Å². The fourth-order valence-corrected chi connectivity index (χ4v) is 6.35. The molecule has 0 saturated carbocycles. The number of fused-ring (bicyclic) bond motifs is 6.